The van der Waals surface area contributed by atoms with Crippen molar-refractivity contribution in [3.05, 3.63) is 42.0 Å². The predicted molar refractivity (Wildman–Crippen MR) is 99.8 cm³/mol. The van der Waals surface area contributed by atoms with Crippen LogP contribution >= 0.6 is 0 Å². The van der Waals surface area contributed by atoms with Crippen LogP contribution in [0.3, 0.4) is 0 Å². The molecule has 0 aromatic heterocycles. The van der Waals surface area contributed by atoms with E-state index >= 15 is 0 Å². The Hall–Kier alpha value is -1.70. The fourth-order valence-corrected chi connectivity index (χ4v) is 2.61. The highest BCUT2D eigenvalue weighted by atomic mass is 16.3. The van der Waals surface area contributed by atoms with E-state index < -0.39 is 0 Å². The molecule has 0 saturated heterocycles. The van der Waals surface area contributed by atoms with Gasteiger partial charge < -0.3 is 10.2 Å². The van der Waals surface area contributed by atoms with E-state index in [9.17, 15) is 10.2 Å². The Bertz CT molecular complexity index is 454. The van der Waals surface area contributed by atoms with Crippen LogP contribution in [0.2, 0.25) is 0 Å². The molecule has 0 aliphatic rings. The number of unbranched alkanes of at least 4 members (excludes halogenated alkanes) is 9. The lowest BCUT2D eigenvalue weighted by Gasteiger charge is -2.01. The lowest BCUT2D eigenvalue weighted by atomic mass is 10.1. The van der Waals surface area contributed by atoms with E-state index in [2.05, 4.69) is 13.0 Å². The lowest BCUT2D eigenvalue weighted by molar-refractivity contribution is 0.448. The zero-order valence-corrected chi connectivity index (χ0v) is 14.5. The number of hydrogen-bond acceptors (Lipinski definition) is 2. The van der Waals surface area contributed by atoms with Crippen molar-refractivity contribution in [1.29, 1.82) is 0 Å². The van der Waals surface area contributed by atoms with Gasteiger partial charge in [0.2, 0.25) is 0 Å². The molecule has 0 atom stereocenters. The van der Waals surface area contributed by atoms with Crippen LogP contribution < -0.4 is 0 Å². The van der Waals surface area contributed by atoms with Crippen LogP contribution in [0, 0.1) is 0 Å². The van der Waals surface area contributed by atoms with Crippen LogP contribution in [-0.4, -0.2) is 10.2 Å². The van der Waals surface area contributed by atoms with Crippen molar-refractivity contribution in [1.82, 2.24) is 0 Å². The SMILES string of the molecule is CCCCCCCCCCCC=CC=Cc1c(O)cccc1O. The summed E-state index contributed by atoms with van der Waals surface area (Å²) in [5.41, 5.74) is 0.472. The monoisotopic (exact) mass is 316 g/mol. The van der Waals surface area contributed by atoms with Gasteiger partial charge in [-0.05, 0) is 31.1 Å². The number of phenols is 2. The van der Waals surface area contributed by atoms with Gasteiger partial charge in [-0.15, -0.1) is 0 Å². The Morgan fingerprint density at radius 3 is 1.96 bits per heavy atom. The third-order valence-corrected chi connectivity index (χ3v) is 4.04. The van der Waals surface area contributed by atoms with Gasteiger partial charge in [-0.2, -0.15) is 0 Å². The van der Waals surface area contributed by atoms with Crippen molar-refractivity contribution in [3.63, 3.8) is 0 Å². The molecule has 0 spiro atoms. The summed E-state index contributed by atoms with van der Waals surface area (Å²) in [4.78, 5) is 0. The molecule has 2 N–H and O–H groups in total. The van der Waals surface area contributed by atoms with Crippen LogP contribution in [0.15, 0.2) is 36.4 Å². The Labute approximate surface area is 141 Å². The molecule has 23 heavy (non-hydrogen) atoms. The molecular weight excluding hydrogens is 284 g/mol. The minimum absolute atomic E-state index is 0.105. The van der Waals surface area contributed by atoms with Crippen molar-refractivity contribution in [2.24, 2.45) is 0 Å². The van der Waals surface area contributed by atoms with Gasteiger partial charge in [0.05, 0.1) is 5.56 Å². The second-order valence-electron chi connectivity index (χ2n) is 6.11. The summed E-state index contributed by atoms with van der Waals surface area (Å²) in [7, 11) is 0. The predicted octanol–water partition coefficient (Wildman–Crippen LogP) is 6.59. The average Bonchev–Trinajstić information content (AvgIpc) is 2.54. The van der Waals surface area contributed by atoms with E-state index in [1.165, 1.54) is 57.8 Å². The standard InChI is InChI=1S/C21H32O2/c1-2-3-4-5-6-7-8-9-10-11-12-13-14-16-19-20(22)17-15-18-21(19)23/h12-18,22-23H,2-11H2,1H3. The normalized spacial score (nSPS) is 11.7. The van der Waals surface area contributed by atoms with Gasteiger partial charge >= 0.3 is 0 Å². The molecule has 0 heterocycles. The summed E-state index contributed by atoms with van der Waals surface area (Å²) < 4.78 is 0. The zero-order valence-electron chi connectivity index (χ0n) is 14.5. The van der Waals surface area contributed by atoms with E-state index in [0.29, 0.717) is 5.56 Å². The molecular formula is C21H32O2. The van der Waals surface area contributed by atoms with Crippen LogP contribution in [-0.2, 0) is 0 Å². The third-order valence-electron chi connectivity index (χ3n) is 4.04. The molecule has 0 saturated carbocycles. The summed E-state index contributed by atoms with van der Waals surface area (Å²) in [6.45, 7) is 2.26. The number of aromatic hydroxyl groups is 2. The summed E-state index contributed by atoms with van der Waals surface area (Å²) >= 11 is 0. The smallest absolute Gasteiger partial charge is 0.126 e. The highest BCUT2D eigenvalue weighted by Gasteiger charge is 2.01. The summed E-state index contributed by atoms with van der Waals surface area (Å²) in [6, 6.07) is 4.78. The van der Waals surface area contributed by atoms with Gasteiger partial charge in [0.25, 0.3) is 0 Å². The molecule has 128 valence electrons. The summed E-state index contributed by atoms with van der Waals surface area (Å²) in [5.74, 6) is 0.210. The van der Waals surface area contributed by atoms with E-state index in [0.717, 1.165) is 6.42 Å². The van der Waals surface area contributed by atoms with Gasteiger partial charge in [-0.25, -0.2) is 0 Å². The molecule has 0 aliphatic heterocycles. The highest BCUT2D eigenvalue weighted by Crippen LogP contribution is 2.27. The molecule has 1 aromatic rings. The second kappa shape index (κ2) is 12.8. The van der Waals surface area contributed by atoms with Crippen LogP contribution in [0.1, 0.15) is 76.7 Å². The molecule has 0 bridgehead atoms. The van der Waals surface area contributed by atoms with Crippen molar-refractivity contribution in [2.45, 2.75) is 71.1 Å². The van der Waals surface area contributed by atoms with Crippen molar-refractivity contribution in [3.8, 4) is 11.5 Å². The Morgan fingerprint density at radius 2 is 1.35 bits per heavy atom. The maximum absolute atomic E-state index is 9.65. The third kappa shape index (κ3) is 9.12. The first-order valence-corrected chi connectivity index (χ1v) is 9.10. The molecule has 0 amide bonds. The first-order chi connectivity index (χ1) is 11.3. The van der Waals surface area contributed by atoms with Gasteiger partial charge in [0.1, 0.15) is 11.5 Å². The molecule has 0 aliphatic carbocycles. The van der Waals surface area contributed by atoms with E-state index in [1.54, 1.807) is 24.3 Å². The summed E-state index contributed by atoms with van der Waals surface area (Å²) in [5, 5.41) is 19.3. The van der Waals surface area contributed by atoms with Gasteiger partial charge in [-0.1, -0.05) is 82.6 Å². The Morgan fingerprint density at radius 1 is 0.783 bits per heavy atom. The van der Waals surface area contributed by atoms with Gasteiger partial charge in [0.15, 0.2) is 0 Å². The maximum atomic E-state index is 9.65. The Balaban J connectivity index is 2.05. The quantitative estimate of drug-likeness (QED) is 0.337. The number of phenolic OH excluding ortho intramolecular Hbond substituents is 2. The summed E-state index contributed by atoms with van der Waals surface area (Å²) in [6.07, 6.45) is 21.0. The Kier molecular flexibility index (Phi) is 10.8. The molecule has 2 nitrogen and oxygen atoms in total. The molecule has 0 fully saturated rings. The van der Waals surface area contributed by atoms with Crippen molar-refractivity contribution in [2.75, 3.05) is 0 Å². The minimum Gasteiger partial charge on any atom is -0.507 e. The van der Waals surface area contributed by atoms with Crippen LogP contribution in [0.5, 0.6) is 11.5 Å². The fourth-order valence-electron chi connectivity index (χ4n) is 2.61. The average molecular weight is 316 g/mol. The van der Waals surface area contributed by atoms with E-state index in [4.69, 9.17) is 0 Å². The molecule has 0 radical (unpaired) electrons. The van der Waals surface area contributed by atoms with Crippen LogP contribution in [0.4, 0.5) is 0 Å². The number of allylic oxidation sites excluding steroid dienone is 3. The van der Waals surface area contributed by atoms with Gasteiger partial charge in [-0.3, -0.25) is 0 Å². The largest absolute Gasteiger partial charge is 0.507 e. The topological polar surface area (TPSA) is 40.5 Å². The van der Waals surface area contributed by atoms with Crippen molar-refractivity contribution >= 4 is 6.08 Å². The molecule has 1 rings (SSSR count). The fraction of sp³-hybridized carbons (Fsp3) is 0.524. The molecule has 0 unspecified atom stereocenters. The second-order valence-corrected chi connectivity index (χ2v) is 6.11. The zero-order chi connectivity index (χ0) is 16.8. The van der Waals surface area contributed by atoms with E-state index in [-0.39, 0.29) is 11.5 Å². The molecule has 1 aromatic carbocycles. The maximum Gasteiger partial charge on any atom is 0.126 e. The first-order valence-electron chi connectivity index (χ1n) is 9.10. The van der Waals surface area contributed by atoms with Crippen molar-refractivity contribution < 1.29 is 10.2 Å². The highest BCUT2D eigenvalue weighted by molar-refractivity contribution is 5.64. The number of rotatable bonds is 12. The lowest BCUT2D eigenvalue weighted by Crippen LogP contribution is -1.80. The van der Waals surface area contributed by atoms with Crippen LogP contribution in [0.25, 0.3) is 6.08 Å². The number of hydrogen-bond donors (Lipinski definition) is 2. The minimum atomic E-state index is 0.105. The number of benzene rings is 1. The van der Waals surface area contributed by atoms with Gasteiger partial charge in [0, 0.05) is 0 Å². The first kappa shape index (κ1) is 19.3. The molecule has 2 heteroatoms. The van der Waals surface area contributed by atoms with E-state index in [1.807, 2.05) is 12.2 Å².